The maximum absolute atomic E-state index is 12.3. The number of nitrogens with zero attached hydrogens (tertiary/aromatic N) is 1. The van der Waals surface area contributed by atoms with Crippen LogP contribution in [0, 0.1) is 6.92 Å². The van der Waals surface area contributed by atoms with E-state index in [4.69, 9.17) is 0 Å². The van der Waals surface area contributed by atoms with Gasteiger partial charge in [-0.15, -0.1) is 11.3 Å². The summed E-state index contributed by atoms with van der Waals surface area (Å²) in [6, 6.07) is 13.7. The van der Waals surface area contributed by atoms with Gasteiger partial charge in [-0.1, -0.05) is 23.9 Å². The van der Waals surface area contributed by atoms with Crippen molar-refractivity contribution in [2.45, 2.75) is 28.9 Å². The van der Waals surface area contributed by atoms with Gasteiger partial charge in [-0.2, -0.15) is 13.2 Å². The number of ether oxygens (including phenoxy) is 1. The van der Waals surface area contributed by atoms with Crippen molar-refractivity contribution in [2.24, 2.45) is 0 Å². The average molecular weight is 438 g/mol. The molecule has 3 aromatic rings. The van der Waals surface area contributed by atoms with Gasteiger partial charge in [0.2, 0.25) is 0 Å². The van der Waals surface area contributed by atoms with Crippen molar-refractivity contribution >= 4 is 34.7 Å². The van der Waals surface area contributed by atoms with Crippen molar-refractivity contribution in [1.82, 2.24) is 4.98 Å². The molecule has 1 N–H and O–H groups in total. The molecule has 3 rings (SSSR count). The fourth-order valence-electron chi connectivity index (χ4n) is 2.33. The topological polar surface area (TPSA) is 51.2 Å². The van der Waals surface area contributed by atoms with E-state index in [9.17, 15) is 18.0 Å². The van der Waals surface area contributed by atoms with E-state index >= 15 is 0 Å². The Kier molecular flexibility index (Phi) is 6.94. The van der Waals surface area contributed by atoms with Crippen molar-refractivity contribution in [1.29, 1.82) is 0 Å². The van der Waals surface area contributed by atoms with Crippen molar-refractivity contribution in [3.05, 3.63) is 70.7 Å². The SMILES string of the molecule is Cc1csc(Sc2ccc(NC(=O)c3ccc(COCC(F)(F)F)cc3)cc2)n1. The lowest BCUT2D eigenvalue weighted by Gasteiger charge is -2.09. The molecule has 0 radical (unpaired) electrons. The largest absolute Gasteiger partial charge is 0.411 e. The lowest BCUT2D eigenvalue weighted by molar-refractivity contribution is -0.176. The molecule has 4 nitrogen and oxygen atoms in total. The third kappa shape index (κ3) is 6.88. The Hall–Kier alpha value is -2.36. The van der Waals surface area contributed by atoms with Crippen LogP contribution in [0.2, 0.25) is 0 Å². The Morgan fingerprint density at radius 1 is 1.14 bits per heavy atom. The van der Waals surface area contributed by atoms with Crippen LogP contribution >= 0.6 is 23.1 Å². The molecule has 9 heteroatoms. The van der Waals surface area contributed by atoms with E-state index in [0.29, 0.717) is 16.8 Å². The van der Waals surface area contributed by atoms with E-state index in [2.05, 4.69) is 15.0 Å². The number of carbonyl (C=O) groups is 1. The van der Waals surface area contributed by atoms with Gasteiger partial charge in [-0.25, -0.2) is 4.98 Å². The molecule has 0 aliphatic heterocycles. The number of thiazole rings is 1. The fraction of sp³-hybridized carbons (Fsp3) is 0.200. The molecular formula is C20H17F3N2O2S2. The molecule has 0 unspecified atom stereocenters. The molecule has 0 atom stereocenters. The van der Waals surface area contributed by atoms with E-state index in [1.165, 1.54) is 0 Å². The third-order valence-electron chi connectivity index (χ3n) is 3.67. The molecule has 1 amide bonds. The van der Waals surface area contributed by atoms with Crippen LogP contribution in [0.1, 0.15) is 21.6 Å². The number of benzene rings is 2. The number of rotatable bonds is 7. The Balaban J connectivity index is 1.53. The Morgan fingerprint density at radius 2 is 1.83 bits per heavy atom. The van der Waals surface area contributed by atoms with E-state index in [1.54, 1.807) is 59.5 Å². The normalized spacial score (nSPS) is 11.4. The monoisotopic (exact) mass is 438 g/mol. The minimum absolute atomic E-state index is 0.168. The van der Waals surface area contributed by atoms with Crippen LogP contribution in [0.3, 0.4) is 0 Å². The molecule has 1 heterocycles. The number of hydrogen-bond acceptors (Lipinski definition) is 5. The number of halogens is 3. The number of aromatic nitrogens is 1. The van der Waals surface area contributed by atoms with Gasteiger partial charge < -0.3 is 10.1 Å². The summed E-state index contributed by atoms with van der Waals surface area (Å²) in [5.74, 6) is -0.302. The second-order valence-electron chi connectivity index (χ2n) is 6.14. The molecule has 0 aliphatic rings. The Bertz CT molecular complexity index is 955. The maximum atomic E-state index is 12.3. The van der Waals surface area contributed by atoms with Gasteiger partial charge in [0.15, 0.2) is 4.34 Å². The van der Waals surface area contributed by atoms with Crippen molar-refractivity contribution in [3.63, 3.8) is 0 Å². The highest BCUT2D eigenvalue weighted by atomic mass is 32.2. The second-order valence-corrected chi connectivity index (χ2v) is 8.32. The van der Waals surface area contributed by atoms with E-state index in [-0.39, 0.29) is 12.5 Å². The van der Waals surface area contributed by atoms with Gasteiger partial charge in [0, 0.05) is 27.2 Å². The molecule has 0 saturated heterocycles. The van der Waals surface area contributed by atoms with Gasteiger partial charge in [-0.3, -0.25) is 4.79 Å². The fourth-order valence-corrected chi connectivity index (χ4v) is 4.14. The Morgan fingerprint density at radius 3 is 2.41 bits per heavy atom. The van der Waals surface area contributed by atoms with Crippen LogP contribution in [0.5, 0.6) is 0 Å². The highest BCUT2D eigenvalue weighted by molar-refractivity contribution is 8.01. The standard InChI is InChI=1S/C20H17F3N2O2S2/c1-13-11-28-19(24-13)29-17-8-6-16(7-9-17)25-18(26)15-4-2-14(3-5-15)10-27-12-20(21,22)23/h2-9,11H,10,12H2,1H3,(H,25,26). The number of anilines is 1. The predicted molar refractivity (Wildman–Crippen MR) is 108 cm³/mol. The molecule has 152 valence electrons. The number of carbonyl (C=O) groups excluding carboxylic acids is 1. The lowest BCUT2D eigenvalue weighted by atomic mass is 10.1. The number of nitrogens with one attached hydrogen (secondary N) is 1. The number of hydrogen-bond donors (Lipinski definition) is 1. The van der Waals surface area contributed by atoms with Crippen LogP contribution in [0.15, 0.2) is 63.1 Å². The zero-order valence-corrected chi connectivity index (χ0v) is 17.0. The quantitative estimate of drug-likeness (QED) is 0.496. The van der Waals surface area contributed by atoms with Crippen molar-refractivity contribution in [3.8, 4) is 0 Å². The molecule has 0 aliphatic carbocycles. The van der Waals surface area contributed by atoms with Gasteiger partial charge in [-0.05, 0) is 48.9 Å². The predicted octanol–water partition coefficient (Wildman–Crippen LogP) is 5.93. The molecule has 2 aromatic carbocycles. The number of aryl methyl sites for hydroxylation is 1. The zero-order chi connectivity index (χ0) is 20.9. The number of amides is 1. The van der Waals surface area contributed by atoms with Crippen LogP contribution in [0.25, 0.3) is 0 Å². The summed E-state index contributed by atoms with van der Waals surface area (Å²) >= 11 is 3.14. The summed E-state index contributed by atoms with van der Waals surface area (Å²) < 4.78 is 41.8. The van der Waals surface area contributed by atoms with Crippen LogP contribution in [-0.2, 0) is 11.3 Å². The summed E-state index contributed by atoms with van der Waals surface area (Å²) in [6.07, 6.45) is -4.35. The molecule has 1 aromatic heterocycles. The molecular weight excluding hydrogens is 421 g/mol. The highest BCUT2D eigenvalue weighted by Crippen LogP contribution is 2.30. The minimum atomic E-state index is -4.35. The average Bonchev–Trinajstić information content (AvgIpc) is 3.07. The summed E-state index contributed by atoms with van der Waals surface area (Å²) in [5.41, 5.74) is 2.59. The molecule has 0 bridgehead atoms. The summed E-state index contributed by atoms with van der Waals surface area (Å²) in [5, 5.41) is 4.79. The summed E-state index contributed by atoms with van der Waals surface area (Å²) in [6.45, 7) is 0.478. The van der Waals surface area contributed by atoms with Crippen LogP contribution < -0.4 is 5.32 Å². The third-order valence-corrected chi connectivity index (χ3v) is 5.73. The Labute approximate surface area is 174 Å². The van der Waals surface area contributed by atoms with Crippen LogP contribution in [0.4, 0.5) is 18.9 Å². The van der Waals surface area contributed by atoms with E-state index in [0.717, 1.165) is 14.9 Å². The molecule has 29 heavy (non-hydrogen) atoms. The minimum Gasteiger partial charge on any atom is -0.367 e. The molecule has 0 fully saturated rings. The van der Waals surface area contributed by atoms with E-state index < -0.39 is 12.8 Å². The maximum Gasteiger partial charge on any atom is 0.411 e. The first-order valence-corrected chi connectivity index (χ1v) is 10.2. The first-order chi connectivity index (χ1) is 13.8. The highest BCUT2D eigenvalue weighted by Gasteiger charge is 2.27. The lowest BCUT2D eigenvalue weighted by Crippen LogP contribution is -2.16. The first kappa shape index (κ1) is 21.4. The van der Waals surface area contributed by atoms with Crippen molar-refractivity contribution < 1.29 is 22.7 Å². The van der Waals surface area contributed by atoms with E-state index in [1.807, 2.05) is 24.4 Å². The summed E-state index contributed by atoms with van der Waals surface area (Å²) in [7, 11) is 0. The zero-order valence-electron chi connectivity index (χ0n) is 15.3. The first-order valence-electron chi connectivity index (χ1n) is 8.53. The smallest absolute Gasteiger partial charge is 0.367 e. The number of alkyl halides is 3. The summed E-state index contributed by atoms with van der Waals surface area (Å²) in [4.78, 5) is 17.8. The second kappa shape index (κ2) is 9.43. The van der Waals surface area contributed by atoms with Crippen LogP contribution in [-0.4, -0.2) is 23.7 Å². The van der Waals surface area contributed by atoms with Gasteiger partial charge in [0.25, 0.3) is 5.91 Å². The van der Waals surface area contributed by atoms with Gasteiger partial charge in [0.05, 0.1) is 6.61 Å². The molecule has 0 saturated carbocycles. The van der Waals surface area contributed by atoms with Crippen molar-refractivity contribution in [2.75, 3.05) is 11.9 Å². The van der Waals surface area contributed by atoms with Gasteiger partial charge >= 0.3 is 6.18 Å². The van der Waals surface area contributed by atoms with Gasteiger partial charge in [0.1, 0.15) is 6.61 Å². The molecule has 0 spiro atoms.